The Hall–Kier alpha value is -2.99. The molecule has 0 atom stereocenters. The second kappa shape index (κ2) is 8.40. The van der Waals surface area contributed by atoms with Gasteiger partial charge in [0.1, 0.15) is 11.5 Å². The monoisotopic (exact) mass is 403 g/mol. The third-order valence-corrected chi connectivity index (χ3v) is 6.08. The normalized spacial score (nSPS) is 16.2. The van der Waals surface area contributed by atoms with Crippen molar-refractivity contribution in [2.45, 2.75) is 19.8 Å². The number of rotatable bonds is 4. The quantitative estimate of drug-likeness (QED) is 0.376. The minimum Gasteiger partial charge on any atom is -0.332 e. The van der Waals surface area contributed by atoms with Crippen LogP contribution in [0.15, 0.2) is 47.7 Å². The molecule has 6 nitrogen and oxygen atoms in total. The fraction of sp³-hybridized carbons (Fsp3) is 0.375. The SMILES string of the molecule is C/N=C(/C1CCN(C)CC1)N(C)c1ccc(-c2ccc3nc(C)cn3c2)cc1C=O. The number of aldehydes is 1. The summed E-state index contributed by atoms with van der Waals surface area (Å²) in [6, 6.07) is 10.1. The highest BCUT2D eigenvalue weighted by molar-refractivity contribution is 6.03. The minimum atomic E-state index is 0.419. The molecule has 4 rings (SSSR count). The van der Waals surface area contributed by atoms with Crippen LogP contribution in [-0.2, 0) is 0 Å². The second-order valence-electron chi connectivity index (χ2n) is 8.18. The highest BCUT2D eigenvalue weighted by atomic mass is 16.1. The van der Waals surface area contributed by atoms with E-state index in [1.165, 1.54) is 0 Å². The van der Waals surface area contributed by atoms with Gasteiger partial charge < -0.3 is 14.2 Å². The lowest BCUT2D eigenvalue weighted by atomic mass is 9.94. The lowest BCUT2D eigenvalue weighted by molar-refractivity contribution is 0.112. The molecule has 1 aliphatic heterocycles. The maximum Gasteiger partial charge on any atom is 0.152 e. The van der Waals surface area contributed by atoms with E-state index in [9.17, 15) is 4.79 Å². The zero-order chi connectivity index (χ0) is 21.3. The summed E-state index contributed by atoms with van der Waals surface area (Å²) in [7, 11) is 6.03. The molecule has 0 unspecified atom stereocenters. The maximum absolute atomic E-state index is 12.0. The number of aryl methyl sites for hydroxylation is 1. The van der Waals surface area contributed by atoms with Gasteiger partial charge in [0.2, 0.25) is 0 Å². The molecule has 30 heavy (non-hydrogen) atoms. The molecule has 0 bridgehead atoms. The summed E-state index contributed by atoms with van der Waals surface area (Å²) in [5, 5.41) is 0. The average Bonchev–Trinajstić information content (AvgIpc) is 3.14. The summed E-state index contributed by atoms with van der Waals surface area (Å²) in [5.74, 6) is 1.47. The summed E-state index contributed by atoms with van der Waals surface area (Å²) >= 11 is 0. The topological polar surface area (TPSA) is 53.2 Å². The predicted molar refractivity (Wildman–Crippen MR) is 123 cm³/mol. The molecule has 1 aliphatic rings. The van der Waals surface area contributed by atoms with Gasteiger partial charge in [-0.15, -0.1) is 0 Å². The second-order valence-corrected chi connectivity index (χ2v) is 8.18. The van der Waals surface area contributed by atoms with E-state index >= 15 is 0 Å². The molecule has 0 amide bonds. The van der Waals surface area contributed by atoms with E-state index in [0.29, 0.717) is 11.5 Å². The molecule has 1 fully saturated rings. The van der Waals surface area contributed by atoms with Crippen LogP contribution in [-0.4, -0.2) is 60.6 Å². The molecule has 0 spiro atoms. The van der Waals surface area contributed by atoms with E-state index in [1.54, 1.807) is 0 Å². The van der Waals surface area contributed by atoms with Gasteiger partial charge in [-0.25, -0.2) is 4.98 Å². The number of likely N-dealkylation sites (tertiary alicyclic amines) is 1. The molecule has 0 aliphatic carbocycles. The van der Waals surface area contributed by atoms with Crippen LogP contribution in [0.1, 0.15) is 28.9 Å². The summed E-state index contributed by atoms with van der Waals surface area (Å²) in [6.07, 6.45) is 7.18. The predicted octanol–water partition coefficient (Wildman–Crippen LogP) is 3.93. The van der Waals surface area contributed by atoms with Crippen molar-refractivity contribution >= 4 is 23.5 Å². The van der Waals surface area contributed by atoms with E-state index in [4.69, 9.17) is 0 Å². The number of aliphatic imine (C=N–C) groups is 1. The van der Waals surface area contributed by atoms with Crippen molar-refractivity contribution in [1.29, 1.82) is 0 Å². The van der Waals surface area contributed by atoms with Crippen LogP contribution in [0, 0.1) is 12.8 Å². The molecule has 0 radical (unpaired) electrons. The summed E-state index contributed by atoms with van der Waals surface area (Å²) < 4.78 is 2.02. The van der Waals surface area contributed by atoms with Crippen LogP contribution in [0.3, 0.4) is 0 Å². The van der Waals surface area contributed by atoms with E-state index in [-0.39, 0.29) is 0 Å². The molecule has 2 aromatic heterocycles. The van der Waals surface area contributed by atoms with Crippen molar-refractivity contribution < 1.29 is 4.79 Å². The third-order valence-electron chi connectivity index (χ3n) is 6.08. The van der Waals surface area contributed by atoms with Crippen LogP contribution in [0.5, 0.6) is 0 Å². The fourth-order valence-corrected chi connectivity index (χ4v) is 4.42. The number of amidine groups is 1. The van der Waals surface area contributed by atoms with Crippen molar-refractivity contribution in [3.8, 4) is 11.1 Å². The summed E-state index contributed by atoms with van der Waals surface area (Å²) in [5.41, 5.74) is 5.54. The van der Waals surface area contributed by atoms with Crippen molar-refractivity contribution in [1.82, 2.24) is 14.3 Å². The molecular formula is C24H29N5O. The van der Waals surface area contributed by atoms with Crippen LogP contribution < -0.4 is 4.90 Å². The molecule has 0 saturated carbocycles. The fourth-order valence-electron chi connectivity index (χ4n) is 4.42. The van der Waals surface area contributed by atoms with Gasteiger partial charge in [-0.1, -0.05) is 6.07 Å². The number of carbonyl (C=O) groups excluding carboxylic acids is 1. The first-order valence-corrected chi connectivity index (χ1v) is 10.4. The largest absolute Gasteiger partial charge is 0.332 e. The van der Waals surface area contributed by atoms with Crippen LogP contribution in [0.4, 0.5) is 5.69 Å². The number of imidazole rings is 1. The van der Waals surface area contributed by atoms with E-state index < -0.39 is 0 Å². The van der Waals surface area contributed by atoms with Crippen molar-refractivity contribution in [3.05, 3.63) is 54.0 Å². The molecule has 3 aromatic rings. The zero-order valence-electron chi connectivity index (χ0n) is 18.2. The lowest BCUT2D eigenvalue weighted by Crippen LogP contribution is -2.40. The Morgan fingerprint density at radius 1 is 1.17 bits per heavy atom. The first-order valence-electron chi connectivity index (χ1n) is 10.4. The number of piperidine rings is 1. The maximum atomic E-state index is 12.0. The zero-order valence-corrected chi connectivity index (χ0v) is 18.2. The Morgan fingerprint density at radius 3 is 2.60 bits per heavy atom. The molecule has 1 aromatic carbocycles. The summed E-state index contributed by atoms with van der Waals surface area (Å²) in [4.78, 5) is 25.5. The van der Waals surface area contributed by atoms with E-state index in [2.05, 4.69) is 39.1 Å². The highest BCUT2D eigenvalue weighted by Gasteiger charge is 2.25. The van der Waals surface area contributed by atoms with Gasteiger partial charge in [0.15, 0.2) is 6.29 Å². The van der Waals surface area contributed by atoms with Crippen molar-refractivity contribution in [2.24, 2.45) is 10.9 Å². The number of hydrogen-bond acceptors (Lipinski definition) is 4. The molecular weight excluding hydrogens is 374 g/mol. The van der Waals surface area contributed by atoms with Gasteiger partial charge >= 0.3 is 0 Å². The Kier molecular flexibility index (Phi) is 5.68. The molecule has 1 saturated heterocycles. The number of fused-ring (bicyclic) bond motifs is 1. The number of hydrogen-bond donors (Lipinski definition) is 0. The number of carbonyl (C=O) groups is 1. The number of aromatic nitrogens is 2. The number of nitrogens with zero attached hydrogens (tertiary/aromatic N) is 5. The number of anilines is 1. The van der Waals surface area contributed by atoms with Gasteiger partial charge in [-0.3, -0.25) is 9.79 Å². The van der Waals surface area contributed by atoms with Gasteiger partial charge in [0.05, 0.1) is 11.4 Å². The van der Waals surface area contributed by atoms with Crippen LogP contribution >= 0.6 is 0 Å². The Labute approximate surface area is 177 Å². The van der Waals surface area contributed by atoms with E-state index in [0.717, 1.165) is 66.2 Å². The van der Waals surface area contributed by atoms with Gasteiger partial charge in [0, 0.05) is 38.0 Å². The lowest BCUT2D eigenvalue weighted by Gasteiger charge is -2.34. The number of pyridine rings is 1. The minimum absolute atomic E-state index is 0.419. The first-order chi connectivity index (χ1) is 14.5. The van der Waals surface area contributed by atoms with Crippen LogP contribution in [0.25, 0.3) is 16.8 Å². The molecule has 3 heterocycles. The Bertz CT molecular complexity index is 1090. The molecule has 0 N–H and O–H groups in total. The van der Waals surface area contributed by atoms with Gasteiger partial charge in [0.25, 0.3) is 0 Å². The van der Waals surface area contributed by atoms with Gasteiger partial charge in [-0.05, 0) is 75.3 Å². The molecule has 156 valence electrons. The average molecular weight is 404 g/mol. The summed E-state index contributed by atoms with van der Waals surface area (Å²) in [6.45, 7) is 4.14. The first kappa shape index (κ1) is 20.3. The van der Waals surface area contributed by atoms with Crippen LogP contribution in [0.2, 0.25) is 0 Å². The van der Waals surface area contributed by atoms with E-state index in [1.807, 2.05) is 55.9 Å². The highest BCUT2D eigenvalue weighted by Crippen LogP contribution is 2.29. The molecule has 6 heteroatoms. The Morgan fingerprint density at radius 2 is 1.90 bits per heavy atom. The van der Waals surface area contributed by atoms with Crippen molar-refractivity contribution in [3.63, 3.8) is 0 Å². The van der Waals surface area contributed by atoms with Gasteiger partial charge in [-0.2, -0.15) is 0 Å². The Balaban J connectivity index is 1.64. The third kappa shape index (κ3) is 3.87. The smallest absolute Gasteiger partial charge is 0.152 e. The standard InChI is InChI=1S/C24H29N5O/c1-17-14-29-15-20(6-8-23(29)26-17)19-5-7-22(21(13-19)16-30)28(4)24(25-2)18-9-11-27(3)12-10-18/h5-8,13-16,18H,9-12H2,1-4H3/b25-24-. The van der Waals surface area contributed by atoms with Crippen molar-refractivity contribution in [2.75, 3.05) is 39.1 Å². The number of benzene rings is 1.